The van der Waals surface area contributed by atoms with Gasteiger partial charge in [-0.05, 0) is 12.3 Å². The van der Waals surface area contributed by atoms with E-state index in [0.717, 1.165) is 0 Å². The van der Waals surface area contributed by atoms with E-state index < -0.39 is 11.9 Å². The van der Waals surface area contributed by atoms with Crippen LogP contribution in [0.3, 0.4) is 0 Å². The Balaban J connectivity index is 3.08. The number of carbonyl (C=O) groups is 2. The van der Waals surface area contributed by atoms with E-state index in [0.29, 0.717) is 0 Å². The molecule has 0 unspecified atom stereocenters. The van der Waals surface area contributed by atoms with E-state index in [2.05, 4.69) is 5.32 Å². The standard InChI is InChI=1S/C7H8N2O3/c8-6(10)5-3-9-2-1-4(5)7(11)12/h1-2,9H,3H2,(H2,8,10)(H,11,12). The molecule has 5 heteroatoms. The lowest BCUT2D eigenvalue weighted by molar-refractivity contribution is -0.132. The van der Waals surface area contributed by atoms with Gasteiger partial charge < -0.3 is 16.2 Å². The van der Waals surface area contributed by atoms with Crippen molar-refractivity contribution in [3.63, 3.8) is 0 Å². The van der Waals surface area contributed by atoms with Gasteiger partial charge in [-0.3, -0.25) is 4.79 Å². The van der Waals surface area contributed by atoms with Crippen LogP contribution in [0.4, 0.5) is 0 Å². The Labute approximate surface area is 68.6 Å². The molecule has 0 aromatic rings. The number of aliphatic carboxylic acids is 1. The number of rotatable bonds is 2. The Morgan fingerprint density at radius 1 is 1.58 bits per heavy atom. The van der Waals surface area contributed by atoms with Gasteiger partial charge in [0.2, 0.25) is 5.91 Å². The minimum atomic E-state index is -1.14. The predicted molar refractivity (Wildman–Crippen MR) is 41.0 cm³/mol. The molecule has 1 heterocycles. The lowest BCUT2D eigenvalue weighted by Crippen LogP contribution is -2.28. The number of primary amides is 1. The zero-order valence-electron chi connectivity index (χ0n) is 6.20. The molecule has 12 heavy (non-hydrogen) atoms. The lowest BCUT2D eigenvalue weighted by atomic mass is 10.1. The third-order valence-electron chi connectivity index (χ3n) is 1.50. The summed E-state index contributed by atoms with van der Waals surface area (Å²) in [6.45, 7) is 0.174. The van der Waals surface area contributed by atoms with Crippen molar-refractivity contribution in [1.82, 2.24) is 5.32 Å². The molecule has 0 aromatic carbocycles. The molecule has 1 rings (SSSR count). The highest BCUT2D eigenvalue weighted by molar-refractivity contribution is 6.03. The average molecular weight is 168 g/mol. The fourth-order valence-corrected chi connectivity index (χ4v) is 0.919. The van der Waals surface area contributed by atoms with Crippen LogP contribution in [0.15, 0.2) is 23.4 Å². The molecule has 5 nitrogen and oxygen atoms in total. The molecule has 0 spiro atoms. The van der Waals surface area contributed by atoms with Crippen LogP contribution in [0.5, 0.6) is 0 Å². The molecule has 0 bridgehead atoms. The third kappa shape index (κ3) is 1.45. The normalized spacial score (nSPS) is 15.7. The number of nitrogens with one attached hydrogen (secondary N) is 1. The largest absolute Gasteiger partial charge is 0.478 e. The molecular formula is C7H8N2O3. The minimum absolute atomic E-state index is 0.0405. The zero-order valence-corrected chi connectivity index (χ0v) is 6.20. The molecule has 0 saturated heterocycles. The molecule has 0 saturated carbocycles. The fraction of sp³-hybridized carbons (Fsp3) is 0.143. The van der Waals surface area contributed by atoms with Crippen molar-refractivity contribution in [2.75, 3.05) is 6.54 Å². The number of hydrogen-bond acceptors (Lipinski definition) is 3. The van der Waals surface area contributed by atoms with Gasteiger partial charge in [0, 0.05) is 6.54 Å². The molecule has 1 aliphatic rings. The first kappa shape index (κ1) is 8.32. The second-order valence-corrected chi connectivity index (χ2v) is 2.28. The summed E-state index contributed by atoms with van der Waals surface area (Å²) in [4.78, 5) is 21.2. The highest BCUT2D eigenvalue weighted by Gasteiger charge is 2.17. The van der Waals surface area contributed by atoms with Gasteiger partial charge in [-0.25, -0.2) is 4.79 Å². The molecule has 4 N–H and O–H groups in total. The number of dihydropyridines is 1. The van der Waals surface area contributed by atoms with Gasteiger partial charge in [-0.2, -0.15) is 0 Å². The van der Waals surface area contributed by atoms with Crippen molar-refractivity contribution in [2.24, 2.45) is 5.73 Å². The molecule has 64 valence electrons. The van der Waals surface area contributed by atoms with E-state index in [1.165, 1.54) is 12.3 Å². The van der Waals surface area contributed by atoms with Gasteiger partial charge in [0.1, 0.15) is 0 Å². The smallest absolute Gasteiger partial charge is 0.336 e. The number of nitrogens with two attached hydrogens (primary N) is 1. The van der Waals surface area contributed by atoms with Gasteiger partial charge in [0.25, 0.3) is 0 Å². The van der Waals surface area contributed by atoms with Crippen LogP contribution in [0.1, 0.15) is 0 Å². The second-order valence-electron chi connectivity index (χ2n) is 2.28. The van der Waals surface area contributed by atoms with E-state index in [-0.39, 0.29) is 17.7 Å². The zero-order chi connectivity index (χ0) is 9.14. The quantitative estimate of drug-likeness (QED) is 0.491. The number of hydrogen-bond donors (Lipinski definition) is 3. The Kier molecular flexibility index (Phi) is 2.14. The summed E-state index contributed by atoms with van der Waals surface area (Å²) in [6, 6.07) is 0. The molecule has 0 atom stereocenters. The Bertz CT molecular complexity index is 291. The van der Waals surface area contributed by atoms with Crippen molar-refractivity contribution in [1.29, 1.82) is 0 Å². The van der Waals surface area contributed by atoms with Crippen LogP contribution in [0.25, 0.3) is 0 Å². The molecule has 0 fully saturated rings. The van der Waals surface area contributed by atoms with E-state index in [9.17, 15) is 9.59 Å². The topological polar surface area (TPSA) is 92.4 Å². The minimum Gasteiger partial charge on any atom is -0.478 e. The van der Waals surface area contributed by atoms with Gasteiger partial charge in [-0.15, -0.1) is 0 Å². The van der Waals surface area contributed by atoms with Gasteiger partial charge >= 0.3 is 5.97 Å². The summed E-state index contributed by atoms with van der Waals surface area (Å²) >= 11 is 0. The summed E-state index contributed by atoms with van der Waals surface area (Å²) in [7, 11) is 0. The highest BCUT2D eigenvalue weighted by atomic mass is 16.4. The first-order valence-corrected chi connectivity index (χ1v) is 3.29. The van der Waals surface area contributed by atoms with Crippen molar-refractivity contribution < 1.29 is 14.7 Å². The molecular weight excluding hydrogens is 160 g/mol. The van der Waals surface area contributed by atoms with Gasteiger partial charge in [0.15, 0.2) is 0 Å². The second kappa shape index (κ2) is 3.08. The lowest BCUT2D eigenvalue weighted by Gasteiger charge is -2.10. The van der Waals surface area contributed by atoms with Crippen LogP contribution >= 0.6 is 0 Å². The summed E-state index contributed by atoms with van der Waals surface area (Å²) in [6.07, 6.45) is 2.78. The predicted octanol–water partition coefficient (Wildman–Crippen LogP) is -1.03. The Morgan fingerprint density at radius 2 is 2.25 bits per heavy atom. The third-order valence-corrected chi connectivity index (χ3v) is 1.50. The van der Waals surface area contributed by atoms with Crippen molar-refractivity contribution in [3.8, 4) is 0 Å². The van der Waals surface area contributed by atoms with Crippen molar-refractivity contribution in [3.05, 3.63) is 23.4 Å². The number of carboxylic acids is 1. The maximum absolute atomic E-state index is 10.7. The summed E-state index contributed by atoms with van der Waals surface area (Å²) in [5.74, 6) is -1.84. The Hall–Kier alpha value is -1.78. The van der Waals surface area contributed by atoms with Crippen LogP contribution in [-0.4, -0.2) is 23.5 Å². The molecule has 1 aliphatic heterocycles. The van der Waals surface area contributed by atoms with E-state index >= 15 is 0 Å². The molecule has 0 aliphatic carbocycles. The van der Waals surface area contributed by atoms with Crippen LogP contribution < -0.4 is 11.1 Å². The Morgan fingerprint density at radius 3 is 2.67 bits per heavy atom. The average Bonchev–Trinajstić information content (AvgIpc) is 2.04. The van der Waals surface area contributed by atoms with E-state index in [1.807, 2.05) is 0 Å². The van der Waals surface area contributed by atoms with Crippen LogP contribution in [0.2, 0.25) is 0 Å². The molecule has 0 aromatic heterocycles. The fourth-order valence-electron chi connectivity index (χ4n) is 0.919. The highest BCUT2D eigenvalue weighted by Crippen LogP contribution is 2.08. The first-order chi connectivity index (χ1) is 5.63. The monoisotopic (exact) mass is 168 g/mol. The van der Waals surface area contributed by atoms with Crippen molar-refractivity contribution >= 4 is 11.9 Å². The van der Waals surface area contributed by atoms with E-state index in [4.69, 9.17) is 10.8 Å². The SMILES string of the molecule is NC(=O)C1=C(C(=O)O)C=CNC1. The van der Waals surface area contributed by atoms with Crippen molar-refractivity contribution in [2.45, 2.75) is 0 Å². The number of carbonyl (C=O) groups excluding carboxylic acids is 1. The molecule has 1 amide bonds. The maximum Gasteiger partial charge on any atom is 0.336 e. The summed E-state index contributed by atoms with van der Waals surface area (Å²) in [5.41, 5.74) is 5.02. The van der Waals surface area contributed by atoms with Gasteiger partial charge in [-0.1, -0.05) is 0 Å². The molecule has 0 radical (unpaired) electrons. The van der Waals surface area contributed by atoms with Crippen LogP contribution in [-0.2, 0) is 9.59 Å². The summed E-state index contributed by atoms with van der Waals surface area (Å²) in [5, 5.41) is 11.3. The number of amides is 1. The maximum atomic E-state index is 10.7. The summed E-state index contributed by atoms with van der Waals surface area (Å²) < 4.78 is 0. The number of carboxylic acid groups (broad SMARTS) is 1. The van der Waals surface area contributed by atoms with E-state index in [1.54, 1.807) is 0 Å². The first-order valence-electron chi connectivity index (χ1n) is 3.29. The van der Waals surface area contributed by atoms with Crippen LogP contribution in [0, 0.1) is 0 Å². The van der Waals surface area contributed by atoms with Gasteiger partial charge in [0.05, 0.1) is 11.1 Å².